The number of thioether (sulfide) groups is 1. The average molecular weight is 256 g/mol. The minimum atomic E-state index is -0.909. The van der Waals surface area contributed by atoms with Gasteiger partial charge in [0.15, 0.2) is 0 Å². The highest BCUT2D eigenvalue weighted by Crippen LogP contribution is 2.31. The van der Waals surface area contributed by atoms with Gasteiger partial charge in [-0.05, 0) is 32.9 Å². The fraction of sp³-hybridized carbons (Fsp3) is 0.750. The number of hydrogen-bond donors (Lipinski definition) is 0. The molecule has 1 unspecified atom stereocenters. The van der Waals surface area contributed by atoms with Gasteiger partial charge < -0.3 is 4.74 Å². The molecule has 5 heteroatoms. The minimum Gasteiger partial charge on any atom is -0.458 e. The van der Waals surface area contributed by atoms with Crippen LogP contribution in [0.3, 0.4) is 0 Å². The summed E-state index contributed by atoms with van der Waals surface area (Å²) < 4.78 is 5.45. The molecule has 0 aliphatic carbocycles. The second-order valence-corrected chi connectivity index (χ2v) is 6.08. The lowest BCUT2D eigenvalue weighted by atomic mass is 9.98. The molecule has 1 rings (SSSR count). The molecule has 0 saturated heterocycles. The molecule has 4 nitrogen and oxygen atoms in total. The van der Waals surface area contributed by atoms with Gasteiger partial charge in [0, 0.05) is 0 Å². The number of esters is 1. The second-order valence-electron chi connectivity index (χ2n) is 4.83. The molecule has 0 amide bonds. The maximum absolute atomic E-state index is 12.3. The summed E-state index contributed by atoms with van der Waals surface area (Å²) in [5.74, 6) is 0.563. The highest BCUT2D eigenvalue weighted by atomic mass is 32.2. The van der Waals surface area contributed by atoms with E-state index in [9.17, 15) is 4.79 Å². The molecule has 1 atom stereocenters. The first-order chi connectivity index (χ1) is 7.85. The maximum atomic E-state index is 12.3. The molecule has 0 aromatic rings. The van der Waals surface area contributed by atoms with E-state index in [1.807, 2.05) is 34.6 Å². The van der Waals surface area contributed by atoms with Crippen LogP contribution in [0.1, 0.15) is 41.0 Å². The fourth-order valence-electron chi connectivity index (χ4n) is 1.52. The van der Waals surface area contributed by atoms with Gasteiger partial charge in [0.05, 0.1) is 0 Å². The Hall–Kier alpha value is -0.840. The van der Waals surface area contributed by atoms with Gasteiger partial charge in [0.1, 0.15) is 17.0 Å². The van der Waals surface area contributed by atoms with Gasteiger partial charge in [-0.2, -0.15) is 0 Å². The number of carbonyl (C=O) groups excluding carboxylic acids is 1. The summed E-state index contributed by atoms with van der Waals surface area (Å²) >= 11 is 1.55. The third-order valence-electron chi connectivity index (χ3n) is 2.34. The van der Waals surface area contributed by atoms with E-state index in [0.717, 1.165) is 10.8 Å². The van der Waals surface area contributed by atoms with Crippen LogP contribution in [0.25, 0.3) is 0 Å². The maximum Gasteiger partial charge on any atom is 0.341 e. The van der Waals surface area contributed by atoms with Crippen molar-refractivity contribution in [3.05, 3.63) is 0 Å². The van der Waals surface area contributed by atoms with Crippen molar-refractivity contribution in [2.75, 3.05) is 5.75 Å². The SMILES string of the molecule is CCSC1=NC=NC1(CC)C(=O)OC(C)(C)C. The molecule has 96 valence electrons. The zero-order valence-electron chi connectivity index (χ0n) is 11.1. The first-order valence-electron chi connectivity index (χ1n) is 5.84. The number of carbonyl (C=O) groups is 1. The van der Waals surface area contributed by atoms with Crippen LogP contribution >= 0.6 is 11.8 Å². The van der Waals surface area contributed by atoms with Crippen LogP contribution in [-0.4, -0.2) is 34.2 Å². The normalized spacial score (nSPS) is 23.7. The van der Waals surface area contributed by atoms with Gasteiger partial charge in [-0.25, -0.2) is 14.8 Å². The Labute approximate surface area is 107 Å². The third-order valence-corrected chi connectivity index (χ3v) is 3.34. The number of aliphatic imine (C=N–C) groups is 2. The van der Waals surface area contributed by atoms with Gasteiger partial charge in [-0.1, -0.05) is 13.8 Å². The molecule has 1 aliphatic rings. The molecule has 0 fully saturated rings. The van der Waals surface area contributed by atoms with Crippen molar-refractivity contribution in [2.45, 2.75) is 52.2 Å². The summed E-state index contributed by atoms with van der Waals surface area (Å²) in [7, 11) is 0. The van der Waals surface area contributed by atoms with Crippen molar-refractivity contribution in [1.29, 1.82) is 0 Å². The largest absolute Gasteiger partial charge is 0.458 e. The molecule has 0 bridgehead atoms. The van der Waals surface area contributed by atoms with E-state index in [2.05, 4.69) is 9.98 Å². The topological polar surface area (TPSA) is 51.0 Å². The van der Waals surface area contributed by atoms with Crippen LogP contribution in [0.5, 0.6) is 0 Å². The zero-order valence-corrected chi connectivity index (χ0v) is 11.9. The van der Waals surface area contributed by atoms with Crippen LogP contribution in [0.15, 0.2) is 9.98 Å². The highest BCUT2D eigenvalue weighted by Gasteiger charge is 2.46. The Morgan fingerprint density at radius 2 is 2.12 bits per heavy atom. The standard InChI is InChI=1S/C12H20N2O2S/c1-6-12(10(15)16-11(3,4)5)9(17-7-2)13-8-14-12/h8H,6-7H2,1-5H3. The molecular formula is C12H20N2O2S. The van der Waals surface area contributed by atoms with Crippen LogP contribution in [0.4, 0.5) is 0 Å². The molecule has 0 aromatic heterocycles. The third kappa shape index (κ3) is 3.09. The summed E-state index contributed by atoms with van der Waals surface area (Å²) in [5.41, 5.74) is -1.41. The summed E-state index contributed by atoms with van der Waals surface area (Å²) in [6.07, 6.45) is 2.04. The van der Waals surface area contributed by atoms with Crippen molar-refractivity contribution < 1.29 is 9.53 Å². The van der Waals surface area contributed by atoms with E-state index in [1.54, 1.807) is 11.8 Å². The van der Waals surface area contributed by atoms with Gasteiger partial charge in [0.2, 0.25) is 5.54 Å². The Bertz CT molecular complexity index is 358. The Morgan fingerprint density at radius 1 is 1.47 bits per heavy atom. The minimum absolute atomic E-state index is 0.305. The van der Waals surface area contributed by atoms with E-state index in [0.29, 0.717) is 6.42 Å². The molecule has 1 heterocycles. The summed E-state index contributed by atoms with van der Waals surface area (Å²) in [4.78, 5) is 20.7. The van der Waals surface area contributed by atoms with Crippen molar-refractivity contribution in [1.82, 2.24) is 0 Å². The van der Waals surface area contributed by atoms with Crippen LogP contribution < -0.4 is 0 Å². The molecule has 17 heavy (non-hydrogen) atoms. The molecule has 0 spiro atoms. The highest BCUT2D eigenvalue weighted by molar-refractivity contribution is 8.14. The second kappa shape index (κ2) is 5.21. The molecule has 1 aliphatic heterocycles. The van der Waals surface area contributed by atoms with Gasteiger partial charge in [-0.3, -0.25) is 0 Å². The predicted molar refractivity (Wildman–Crippen MR) is 72.9 cm³/mol. The quantitative estimate of drug-likeness (QED) is 0.729. The van der Waals surface area contributed by atoms with Crippen LogP contribution in [-0.2, 0) is 9.53 Å². The van der Waals surface area contributed by atoms with E-state index in [-0.39, 0.29) is 5.97 Å². The number of nitrogens with zero attached hydrogens (tertiary/aromatic N) is 2. The lowest BCUT2D eigenvalue weighted by molar-refractivity contribution is -0.158. The van der Waals surface area contributed by atoms with Crippen molar-refractivity contribution >= 4 is 29.1 Å². The fourth-order valence-corrected chi connectivity index (χ4v) is 2.44. The van der Waals surface area contributed by atoms with Crippen molar-refractivity contribution in [3.63, 3.8) is 0 Å². The first-order valence-corrected chi connectivity index (χ1v) is 6.82. The van der Waals surface area contributed by atoms with Crippen molar-refractivity contribution in [3.8, 4) is 0 Å². The summed E-state index contributed by atoms with van der Waals surface area (Å²) in [6, 6.07) is 0. The van der Waals surface area contributed by atoms with Crippen molar-refractivity contribution in [2.24, 2.45) is 9.98 Å². The van der Waals surface area contributed by atoms with E-state index < -0.39 is 11.1 Å². The predicted octanol–water partition coefficient (Wildman–Crippen LogP) is 2.67. The Kier molecular flexibility index (Phi) is 4.36. The smallest absolute Gasteiger partial charge is 0.341 e. The molecule has 0 saturated carbocycles. The van der Waals surface area contributed by atoms with E-state index in [4.69, 9.17) is 4.74 Å². The summed E-state index contributed by atoms with van der Waals surface area (Å²) in [6.45, 7) is 9.53. The number of rotatable bonds is 3. The molecule has 0 aromatic carbocycles. The lowest BCUT2D eigenvalue weighted by Gasteiger charge is -2.28. The van der Waals surface area contributed by atoms with Gasteiger partial charge in [0.25, 0.3) is 0 Å². The molecule has 0 N–H and O–H groups in total. The average Bonchev–Trinajstić information content (AvgIpc) is 2.60. The zero-order chi connectivity index (χ0) is 13.1. The van der Waals surface area contributed by atoms with Crippen LogP contribution in [0, 0.1) is 0 Å². The first kappa shape index (κ1) is 14.2. The van der Waals surface area contributed by atoms with Crippen LogP contribution in [0.2, 0.25) is 0 Å². The van der Waals surface area contributed by atoms with E-state index >= 15 is 0 Å². The number of ether oxygens (including phenoxy) is 1. The Morgan fingerprint density at radius 3 is 2.59 bits per heavy atom. The Balaban J connectivity index is 2.93. The monoisotopic (exact) mass is 256 g/mol. The summed E-state index contributed by atoms with van der Waals surface area (Å²) in [5, 5.41) is 0.747. The van der Waals surface area contributed by atoms with Gasteiger partial charge >= 0.3 is 5.97 Å². The van der Waals surface area contributed by atoms with Gasteiger partial charge in [-0.15, -0.1) is 11.8 Å². The lowest BCUT2D eigenvalue weighted by Crippen LogP contribution is -2.45. The molecular weight excluding hydrogens is 236 g/mol. The van der Waals surface area contributed by atoms with E-state index in [1.165, 1.54) is 6.34 Å². The molecule has 0 radical (unpaired) electrons. The number of hydrogen-bond acceptors (Lipinski definition) is 5.